The van der Waals surface area contributed by atoms with Gasteiger partial charge in [-0.15, -0.1) is 21.8 Å². The highest BCUT2D eigenvalue weighted by molar-refractivity contribution is 6.16. The minimum atomic E-state index is -0.00999. The van der Waals surface area contributed by atoms with E-state index in [1.165, 1.54) is 25.7 Å². The number of halogens is 1. The highest BCUT2D eigenvalue weighted by Crippen LogP contribution is 2.43. The van der Waals surface area contributed by atoms with E-state index in [0.29, 0.717) is 17.2 Å². The van der Waals surface area contributed by atoms with Gasteiger partial charge in [0.15, 0.2) is 0 Å². The van der Waals surface area contributed by atoms with Crippen LogP contribution < -0.4 is 0 Å². The van der Waals surface area contributed by atoms with E-state index in [-0.39, 0.29) is 5.54 Å². The molecular formula is C17H30ClN3. The number of aromatic nitrogens is 3. The van der Waals surface area contributed by atoms with Gasteiger partial charge in [0.2, 0.25) is 0 Å². The van der Waals surface area contributed by atoms with Crippen LogP contribution in [0, 0.1) is 11.3 Å². The zero-order valence-corrected chi connectivity index (χ0v) is 15.2. The molecule has 21 heavy (non-hydrogen) atoms. The van der Waals surface area contributed by atoms with Crippen molar-refractivity contribution in [3.8, 4) is 0 Å². The van der Waals surface area contributed by atoms with Gasteiger partial charge in [-0.05, 0) is 57.8 Å². The summed E-state index contributed by atoms with van der Waals surface area (Å²) in [6.07, 6.45) is 5.03. The van der Waals surface area contributed by atoms with Crippen molar-refractivity contribution in [1.82, 2.24) is 14.8 Å². The van der Waals surface area contributed by atoms with Gasteiger partial charge in [-0.3, -0.25) is 0 Å². The Balaban J connectivity index is 2.20. The lowest BCUT2D eigenvalue weighted by molar-refractivity contribution is 0.164. The molecule has 4 heteroatoms. The lowest BCUT2D eigenvalue weighted by Gasteiger charge is -2.37. The largest absolute Gasteiger partial charge is 0.308 e. The predicted octanol–water partition coefficient (Wildman–Crippen LogP) is 5.09. The molecule has 0 spiro atoms. The second-order valence-corrected chi connectivity index (χ2v) is 8.80. The van der Waals surface area contributed by atoms with Crippen molar-refractivity contribution < 1.29 is 0 Å². The summed E-state index contributed by atoms with van der Waals surface area (Å²) in [5.41, 5.74) is 0.411. The maximum Gasteiger partial charge on any atom is 0.148 e. The summed E-state index contributed by atoms with van der Waals surface area (Å²) in [7, 11) is 0. The first-order chi connectivity index (χ1) is 9.64. The molecule has 0 N–H and O–H groups in total. The Morgan fingerprint density at radius 2 is 1.57 bits per heavy atom. The molecule has 120 valence electrons. The van der Waals surface area contributed by atoms with Gasteiger partial charge in [0.1, 0.15) is 11.6 Å². The third-order valence-corrected chi connectivity index (χ3v) is 5.10. The van der Waals surface area contributed by atoms with E-state index < -0.39 is 0 Å². The van der Waals surface area contributed by atoms with E-state index in [4.69, 9.17) is 11.6 Å². The number of nitrogens with zero attached hydrogens (tertiary/aromatic N) is 3. The molecule has 0 bridgehead atoms. The van der Waals surface area contributed by atoms with Crippen LogP contribution in [0.25, 0.3) is 0 Å². The topological polar surface area (TPSA) is 30.7 Å². The van der Waals surface area contributed by atoms with Crippen molar-refractivity contribution in [2.75, 3.05) is 0 Å². The standard InChI is InChI=1S/C17H30ClN3/c1-16(2,3)13-9-7-12(8-10-13)15-20-19-14(11-18)21(15)17(4,5)6/h12-13H,7-11H2,1-6H3. The molecule has 0 unspecified atom stereocenters. The summed E-state index contributed by atoms with van der Waals surface area (Å²) >= 11 is 6.05. The highest BCUT2D eigenvalue weighted by Gasteiger charge is 2.34. The molecule has 1 fully saturated rings. The summed E-state index contributed by atoms with van der Waals surface area (Å²) in [4.78, 5) is 0. The van der Waals surface area contributed by atoms with E-state index in [9.17, 15) is 0 Å². The fourth-order valence-electron chi connectivity index (χ4n) is 3.63. The van der Waals surface area contributed by atoms with Crippen LogP contribution in [0.15, 0.2) is 0 Å². The Bertz CT molecular complexity index is 471. The molecule has 0 aliphatic heterocycles. The molecule has 0 saturated heterocycles. The third-order valence-electron chi connectivity index (χ3n) is 4.86. The number of rotatable bonds is 2. The summed E-state index contributed by atoms with van der Waals surface area (Å²) in [5, 5.41) is 8.82. The average molecular weight is 312 g/mol. The van der Waals surface area contributed by atoms with Gasteiger partial charge >= 0.3 is 0 Å². The molecule has 0 radical (unpaired) electrons. The SMILES string of the molecule is CC(C)(C)C1CCC(c2nnc(CCl)n2C(C)(C)C)CC1. The van der Waals surface area contributed by atoms with E-state index in [0.717, 1.165) is 17.6 Å². The number of hydrogen-bond donors (Lipinski definition) is 0. The summed E-state index contributed by atoms with van der Waals surface area (Å²) in [6.45, 7) is 13.7. The molecule has 0 amide bonds. The van der Waals surface area contributed by atoms with Crippen molar-refractivity contribution >= 4 is 11.6 Å². The maximum atomic E-state index is 6.05. The molecule has 3 nitrogen and oxygen atoms in total. The molecule has 0 aromatic carbocycles. The molecular weight excluding hydrogens is 282 g/mol. The zero-order valence-electron chi connectivity index (χ0n) is 14.4. The van der Waals surface area contributed by atoms with Crippen LogP contribution >= 0.6 is 11.6 Å². The van der Waals surface area contributed by atoms with Crippen LogP contribution in [0.4, 0.5) is 0 Å². The lowest BCUT2D eigenvalue weighted by Crippen LogP contribution is -2.30. The van der Waals surface area contributed by atoms with Gasteiger partial charge in [0, 0.05) is 11.5 Å². The Morgan fingerprint density at radius 1 is 1.00 bits per heavy atom. The smallest absolute Gasteiger partial charge is 0.148 e. The van der Waals surface area contributed by atoms with Crippen LogP contribution in [-0.2, 0) is 11.4 Å². The molecule has 1 aromatic rings. The monoisotopic (exact) mass is 311 g/mol. The second-order valence-electron chi connectivity index (χ2n) is 8.53. The Labute approximate surface area is 134 Å². The molecule has 2 rings (SSSR count). The number of hydrogen-bond acceptors (Lipinski definition) is 2. The van der Waals surface area contributed by atoms with Gasteiger partial charge in [-0.1, -0.05) is 20.8 Å². The summed E-state index contributed by atoms with van der Waals surface area (Å²) in [5.74, 6) is 3.84. The van der Waals surface area contributed by atoms with Crippen LogP contribution in [0.2, 0.25) is 0 Å². The lowest BCUT2D eigenvalue weighted by atomic mass is 9.69. The first kappa shape index (κ1) is 16.8. The van der Waals surface area contributed by atoms with Gasteiger partial charge in [-0.2, -0.15) is 0 Å². The van der Waals surface area contributed by atoms with Crippen molar-refractivity contribution in [1.29, 1.82) is 0 Å². The minimum absolute atomic E-state index is 0.00999. The van der Waals surface area contributed by atoms with E-state index in [1.54, 1.807) is 0 Å². The van der Waals surface area contributed by atoms with E-state index in [1.807, 2.05) is 0 Å². The molecule has 1 saturated carbocycles. The Morgan fingerprint density at radius 3 is 2.00 bits per heavy atom. The first-order valence-corrected chi connectivity index (χ1v) is 8.68. The van der Waals surface area contributed by atoms with Crippen LogP contribution in [0.5, 0.6) is 0 Å². The van der Waals surface area contributed by atoms with Crippen LogP contribution in [0.3, 0.4) is 0 Å². The maximum absolute atomic E-state index is 6.05. The van der Waals surface area contributed by atoms with Gasteiger partial charge < -0.3 is 4.57 Å². The normalized spacial score (nSPS) is 24.3. The molecule has 0 atom stereocenters. The molecule has 1 aliphatic carbocycles. The van der Waals surface area contributed by atoms with Crippen molar-refractivity contribution in [2.45, 2.75) is 84.6 Å². The van der Waals surface area contributed by atoms with Crippen molar-refractivity contribution in [3.63, 3.8) is 0 Å². The second kappa shape index (κ2) is 5.91. The average Bonchev–Trinajstić information content (AvgIpc) is 2.81. The van der Waals surface area contributed by atoms with Gasteiger partial charge in [-0.25, -0.2) is 0 Å². The zero-order chi connectivity index (χ0) is 15.8. The van der Waals surface area contributed by atoms with Crippen molar-refractivity contribution in [3.05, 3.63) is 11.6 Å². The predicted molar refractivity (Wildman–Crippen MR) is 88.7 cm³/mol. The highest BCUT2D eigenvalue weighted by atomic mass is 35.5. The third kappa shape index (κ3) is 3.61. The van der Waals surface area contributed by atoms with E-state index >= 15 is 0 Å². The van der Waals surface area contributed by atoms with Crippen molar-refractivity contribution in [2.24, 2.45) is 11.3 Å². The van der Waals surface area contributed by atoms with E-state index in [2.05, 4.69) is 56.3 Å². The fraction of sp³-hybridized carbons (Fsp3) is 0.882. The molecule has 1 heterocycles. The quantitative estimate of drug-likeness (QED) is 0.712. The van der Waals surface area contributed by atoms with Gasteiger partial charge in [0.25, 0.3) is 0 Å². The first-order valence-electron chi connectivity index (χ1n) is 8.15. The fourth-order valence-corrected chi connectivity index (χ4v) is 3.80. The summed E-state index contributed by atoms with van der Waals surface area (Å²) in [6, 6.07) is 0. The van der Waals surface area contributed by atoms with Crippen LogP contribution in [-0.4, -0.2) is 14.8 Å². The number of alkyl halides is 1. The van der Waals surface area contributed by atoms with Crippen LogP contribution in [0.1, 0.15) is 84.8 Å². The molecule has 1 aliphatic rings. The minimum Gasteiger partial charge on any atom is -0.308 e. The Hall–Kier alpha value is -0.570. The van der Waals surface area contributed by atoms with Gasteiger partial charge in [0.05, 0.1) is 5.88 Å². The Kier molecular flexibility index (Phi) is 4.72. The summed E-state index contributed by atoms with van der Waals surface area (Å²) < 4.78 is 2.27. The molecule has 1 aromatic heterocycles.